The van der Waals surface area contributed by atoms with Crippen molar-refractivity contribution in [1.29, 1.82) is 0 Å². The van der Waals surface area contributed by atoms with E-state index in [-0.39, 0.29) is 0 Å². The second-order valence-electron chi connectivity index (χ2n) is 4.77. The SMILES string of the molecule is CCC(C)c1csc(-c2nccc3ccccc23)n1. The molecule has 19 heavy (non-hydrogen) atoms. The van der Waals surface area contributed by atoms with Crippen molar-refractivity contribution in [1.82, 2.24) is 9.97 Å². The lowest BCUT2D eigenvalue weighted by Crippen LogP contribution is -1.92. The van der Waals surface area contributed by atoms with Gasteiger partial charge in [-0.2, -0.15) is 0 Å². The van der Waals surface area contributed by atoms with Gasteiger partial charge in [0.25, 0.3) is 0 Å². The molecule has 0 aliphatic carbocycles. The maximum absolute atomic E-state index is 4.76. The standard InChI is InChI=1S/C16H16N2S/c1-3-11(2)14-10-19-16(18-14)15-13-7-5-4-6-12(13)8-9-17-15/h4-11H,3H2,1-2H3. The van der Waals surface area contributed by atoms with E-state index in [9.17, 15) is 0 Å². The number of fused-ring (bicyclic) bond motifs is 1. The molecule has 0 N–H and O–H groups in total. The van der Waals surface area contributed by atoms with E-state index in [1.54, 1.807) is 11.3 Å². The predicted octanol–water partition coefficient (Wildman–Crippen LogP) is 4.87. The third-order valence-electron chi connectivity index (χ3n) is 3.52. The minimum absolute atomic E-state index is 0.514. The Morgan fingerprint density at radius 3 is 2.89 bits per heavy atom. The Morgan fingerprint density at radius 2 is 2.05 bits per heavy atom. The molecule has 2 aromatic heterocycles. The van der Waals surface area contributed by atoms with Gasteiger partial charge in [-0.1, -0.05) is 38.1 Å². The Labute approximate surface area is 117 Å². The van der Waals surface area contributed by atoms with Gasteiger partial charge in [-0.3, -0.25) is 4.98 Å². The Morgan fingerprint density at radius 1 is 1.21 bits per heavy atom. The Hall–Kier alpha value is -1.74. The fourth-order valence-electron chi connectivity index (χ4n) is 2.12. The molecule has 3 aromatic rings. The van der Waals surface area contributed by atoms with Gasteiger partial charge in [-0.25, -0.2) is 4.98 Å². The van der Waals surface area contributed by atoms with Gasteiger partial charge in [0.05, 0.1) is 5.69 Å². The monoisotopic (exact) mass is 268 g/mol. The highest BCUT2D eigenvalue weighted by atomic mass is 32.1. The predicted molar refractivity (Wildman–Crippen MR) is 81.6 cm³/mol. The molecule has 1 aromatic carbocycles. The van der Waals surface area contributed by atoms with Crippen LogP contribution >= 0.6 is 11.3 Å². The van der Waals surface area contributed by atoms with Crippen LogP contribution in [0, 0.1) is 0 Å². The van der Waals surface area contributed by atoms with E-state index in [0.717, 1.165) is 17.1 Å². The molecule has 3 heteroatoms. The molecular formula is C16H16N2S. The quantitative estimate of drug-likeness (QED) is 0.677. The smallest absolute Gasteiger partial charge is 0.142 e. The third kappa shape index (κ3) is 2.26. The minimum atomic E-state index is 0.514. The number of thiazole rings is 1. The lowest BCUT2D eigenvalue weighted by molar-refractivity contribution is 0.714. The number of aromatic nitrogens is 2. The second-order valence-corrected chi connectivity index (χ2v) is 5.63. The normalized spacial score (nSPS) is 12.7. The first-order chi connectivity index (χ1) is 9.29. The molecule has 96 valence electrons. The van der Waals surface area contributed by atoms with E-state index in [1.165, 1.54) is 16.5 Å². The number of hydrogen-bond donors (Lipinski definition) is 0. The zero-order valence-electron chi connectivity index (χ0n) is 11.1. The molecule has 2 nitrogen and oxygen atoms in total. The Balaban J connectivity index is 2.12. The van der Waals surface area contributed by atoms with Crippen molar-refractivity contribution in [2.24, 2.45) is 0 Å². The number of pyridine rings is 1. The van der Waals surface area contributed by atoms with Gasteiger partial charge in [0, 0.05) is 17.0 Å². The first-order valence-electron chi connectivity index (χ1n) is 6.59. The van der Waals surface area contributed by atoms with E-state index >= 15 is 0 Å². The average molecular weight is 268 g/mol. The Kier molecular flexibility index (Phi) is 3.30. The highest BCUT2D eigenvalue weighted by Gasteiger charge is 2.12. The van der Waals surface area contributed by atoms with Gasteiger partial charge in [0.15, 0.2) is 0 Å². The summed E-state index contributed by atoms with van der Waals surface area (Å²) in [5.74, 6) is 0.514. The van der Waals surface area contributed by atoms with Crippen LogP contribution in [0.5, 0.6) is 0 Å². The minimum Gasteiger partial charge on any atom is -0.253 e. The number of benzene rings is 1. The van der Waals surface area contributed by atoms with Crippen molar-refractivity contribution in [2.45, 2.75) is 26.2 Å². The second kappa shape index (κ2) is 5.10. The zero-order chi connectivity index (χ0) is 13.2. The third-order valence-corrected chi connectivity index (χ3v) is 4.38. The van der Waals surface area contributed by atoms with Gasteiger partial charge in [0.2, 0.25) is 0 Å². The summed E-state index contributed by atoms with van der Waals surface area (Å²) < 4.78 is 0. The summed E-state index contributed by atoms with van der Waals surface area (Å²) in [6, 6.07) is 10.4. The summed E-state index contributed by atoms with van der Waals surface area (Å²) >= 11 is 1.69. The molecule has 0 amide bonds. The number of hydrogen-bond acceptors (Lipinski definition) is 3. The summed E-state index contributed by atoms with van der Waals surface area (Å²) in [4.78, 5) is 9.28. The number of rotatable bonds is 3. The summed E-state index contributed by atoms with van der Waals surface area (Å²) in [5.41, 5.74) is 2.18. The topological polar surface area (TPSA) is 25.8 Å². The molecular weight excluding hydrogens is 252 g/mol. The van der Waals surface area contributed by atoms with Crippen molar-refractivity contribution >= 4 is 22.1 Å². The first kappa shape index (κ1) is 12.3. The van der Waals surface area contributed by atoms with Gasteiger partial charge >= 0.3 is 0 Å². The van der Waals surface area contributed by atoms with Crippen LogP contribution in [0.2, 0.25) is 0 Å². The molecule has 1 atom stereocenters. The molecule has 0 spiro atoms. The molecule has 3 rings (SSSR count). The molecule has 0 fully saturated rings. The summed E-state index contributed by atoms with van der Waals surface area (Å²) in [7, 11) is 0. The van der Waals surface area contributed by atoms with Crippen LogP contribution in [0.25, 0.3) is 21.5 Å². The number of nitrogens with zero attached hydrogens (tertiary/aromatic N) is 2. The van der Waals surface area contributed by atoms with Gasteiger partial charge in [-0.15, -0.1) is 11.3 Å². The lowest BCUT2D eigenvalue weighted by atomic mass is 10.1. The van der Waals surface area contributed by atoms with E-state index in [0.29, 0.717) is 5.92 Å². The first-order valence-corrected chi connectivity index (χ1v) is 7.47. The molecule has 0 saturated heterocycles. The van der Waals surface area contributed by atoms with Crippen LogP contribution < -0.4 is 0 Å². The van der Waals surface area contributed by atoms with Crippen molar-refractivity contribution in [2.75, 3.05) is 0 Å². The largest absolute Gasteiger partial charge is 0.253 e. The van der Waals surface area contributed by atoms with Crippen molar-refractivity contribution in [3.8, 4) is 10.7 Å². The summed E-state index contributed by atoms with van der Waals surface area (Å²) in [6.07, 6.45) is 2.98. The van der Waals surface area contributed by atoms with Crippen LogP contribution in [0.4, 0.5) is 0 Å². The van der Waals surface area contributed by atoms with Crippen molar-refractivity contribution in [3.63, 3.8) is 0 Å². The van der Waals surface area contributed by atoms with Crippen molar-refractivity contribution in [3.05, 3.63) is 47.6 Å². The fourth-order valence-corrected chi connectivity index (χ4v) is 3.07. The fraction of sp³-hybridized carbons (Fsp3) is 0.250. The molecule has 2 heterocycles. The Bertz CT molecular complexity index is 697. The van der Waals surface area contributed by atoms with E-state index in [1.807, 2.05) is 12.3 Å². The van der Waals surface area contributed by atoms with E-state index < -0.39 is 0 Å². The van der Waals surface area contributed by atoms with Gasteiger partial charge in [0.1, 0.15) is 10.7 Å². The molecule has 1 unspecified atom stereocenters. The maximum atomic E-state index is 4.76. The summed E-state index contributed by atoms with van der Waals surface area (Å²) in [6.45, 7) is 4.41. The molecule has 0 aliphatic heterocycles. The zero-order valence-corrected chi connectivity index (χ0v) is 11.9. The van der Waals surface area contributed by atoms with Crippen LogP contribution in [-0.2, 0) is 0 Å². The summed E-state index contributed by atoms with van der Waals surface area (Å²) in [5, 5.41) is 5.57. The van der Waals surface area contributed by atoms with Crippen LogP contribution in [-0.4, -0.2) is 9.97 Å². The molecule has 0 saturated carbocycles. The average Bonchev–Trinajstić information content (AvgIpc) is 2.95. The van der Waals surface area contributed by atoms with Gasteiger partial charge in [-0.05, 0) is 23.8 Å². The van der Waals surface area contributed by atoms with E-state index in [4.69, 9.17) is 4.98 Å². The highest BCUT2D eigenvalue weighted by Crippen LogP contribution is 2.31. The lowest BCUT2D eigenvalue weighted by Gasteiger charge is -2.04. The van der Waals surface area contributed by atoms with Crippen LogP contribution in [0.15, 0.2) is 41.9 Å². The molecule has 0 radical (unpaired) electrons. The van der Waals surface area contributed by atoms with Crippen LogP contribution in [0.3, 0.4) is 0 Å². The molecule has 0 aliphatic rings. The van der Waals surface area contributed by atoms with Gasteiger partial charge < -0.3 is 0 Å². The molecule has 0 bridgehead atoms. The van der Waals surface area contributed by atoms with E-state index in [2.05, 4.69) is 48.5 Å². The highest BCUT2D eigenvalue weighted by molar-refractivity contribution is 7.13. The maximum Gasteiger partial charge on any atom is 0.142 e. The van der Waals surface area contributed by atoms with Crippen LogP contribution in [0.1, 0.15) is 31.9 Å². The van der Waals surface area contributed by atoms with Crippen molar-refractivity contribution < 1.29 is 0 Å².